The van der Waals surface area contributed by atoms with Crippen LogP contribution in [0, 0.1) is 6.92 Å². The van der Waals surface area contributed by atoms with Crippen molar-refractivity contribution < 1.29 is 14.1 Å². The van der Waals surface area contributed by atoms with E-state index in [0.717, 1.165) is 11.1 Å². The molecule has 116 valence electrons. The predicted molar refractivity (Wildman–Crippen MR) is 82.8 cm³/mol. The second kappa shape index (κ2) is 6.58. The molecule has 3 rings (SSSR count). The first-order valence-electron chi connectivity index (χ1n) is 6.81. The summed E-state index contributed by atoms with van der Waals surface area (Å²) in [5, 5.41) is 3.99. The molecule has 0 radical (unpaired) electrons. The van der Waals surface area contributed by atoms with E-state index < -0.39 is 5.97 Å². The highest BCUT2D eigenvalue weighted by molar-refractivity contribution is 6.32. The van der Waals surface area contributed by atoms with Crippen LogP contribution in [-0.2, 0) is 11.3 Å². The standard InChI is InChI=1S/C16H12ClN3O3/c1-10-5-2-3-6-11(10)15-19-13(23-20-15)9-22-16(21)12-7-4-8-18-14(12)17/h2-8H,9H2,1H3. The van der Waals surface area contributed by atoms with Crippen molar-refractivity contribution in [1.29, 1.82) is 0 Å². The van der Waals surface area contributed by atoms with Crippen molar-refractivity contribution in [3.05, 3.63) is 64.8 Å². The van der Waals surface area contributed by atoms with Gasteiger partial charge in [0.25, 0.3) is 5.89 Å². The molecular weight excluding hydrogens is 318 g/mol. The number of carbonyl (C=O) groups excluding carboxylic acids is 1. The van der Waals surface area contributed by atoms with Crippen LogP contribution in [0.5, 0.6) is 0 Å². The molecule has 6 nitrogen and oxygen atoms in total. The lowest BCUT2D eigenvalue weighted by atomic mass is 10.1. The van der Waals surface area contributed by atoms with Gasteiger partial charge >= 0.3 is 5.97 Å². The number of halogens is 1. The van der Waals surface area contributed by atoms with Gasteiger partial charge in [0.05, 0.1) is 5.56 Å². The van der Waals surface area contributed by atoms with E-state index in [1.54, 1.807) is 6.07 Å². The average molecular weight is 330 g/mol. The average Bonchev–Trinajstić information content (AvgIpc) is 3.02. The van der Waals surface area contributed by atoms with Crippen LogP contribution in [0.1, 0.15) is 21.8 Å². The minimum absolute atomic E-state index is 0.0867. The molecule has 0 N–H and O–H groups in total. The lowest BCUT2D eigenvalue weighted by Crippen LogP contribution is -2.06. The van der Waals surface area contributed by atoms with Crippen molar-refractivity contribution in [3.8, 4) is 11.4 Å². The van der Waals surface area contributed by atoms with Crippen molar-refractivity contribution in [2.75, 3.05) is 0 Å². The lowest BCUT2D eigenvalue weighted by Gasteiger charge is -2.02. The maximum Gasteiger partial charge on any atom is 0.341 e. The summed E-state index contributed by atoms with van der Waals surface area (Å²) in [6.07, 6.45) is 1.49. The van der Waals surface area contributed by atoms with Gasteiger partial charge in [-0.05, 0) is 24.6 Å². The second-order valence-corrected chi connectivity index (χ2v) is 5.10. The van der Waals surface area contributed by atoms with E-state index in [4.69, 9.17) is 20.9 Å². The van der Waals surface area contributed by atoms with E-state index in [2.05, 4.69) is 15.1 Å². The maximum absolute atomic E-state index is 11.9. The quantitative estimate of drug-likeness (QED) is 0.539. The third-order valence-corrected chi connectivity index (χ3v) is 3.46. The van der Waals surface area contributed by atoms with E-state index in [1.807, 2.05) is 31.2 Å². The van der Waals surface area contributed by atoms with E-state index in [9.17, 15) is 4.79 Å². The molecule has 1 aromatic carbocycles. The summed E-state index contributed by atoms with van der Waals surface area (Å²) in [7, 11) is 0. The Morgan fingerprint density at radius 2 is 2.09 bits per heavy atom. The number of hydrogen-bond acceptors (Lipinski definition) is 6. The van der Waals surface area contributed by atoms with E-state index in [1.165, 1.54) is 12.3 Å². The minimum Gasteiger partial charge on any atom is -0.452 e. The molecule has 23 heavy (non-hydrogen) atoms. The van der Waals surface area contributed by atoms with Crippen molar-refractivity contribution in [2.45, 2.75) is 13.5 Å². The number of ether oxygens (including phenoxy) is 1. The lowest BCUT2D eigenvalue weighted by molar-refractivity contribution is 0.0429. The fourth-order valence-corrected chi connectivity index (χ4v) is 2.19. The van der Waals surface area contributed by atoms with Gasteiger partial charge in [-0.25, -0.2) is 9.78 Å². The van der Waals surface area contributed by atoms with Gasteiger partial charge in [-0.15, -0.1) is 0 Å². The van der Waals surface area contributed by atoms with Crippen LogP contribution in [0.15, 0.2) is 47.1 Å². The molecule has 7 heteroatoms. The molecule has 0 unspecified atom stereocenters. The van der Waals surface area contributed by atoms with Gasteiger partial charge in [0, 0.05) is 11.8 Å². The van der Waals surface area contributed by atoms with E-state index in [-0.39, 0.29) is 23.2 Å². The van der Waals surface area contributed by atoms with Gasteiger partial charge in [0.1, 0.15) is 5.15 Å². The number of nitrogens with zero attached hydrogens (tertiary/aromatic N) is 3. The highest BCUT2D eigenvalue weighted by Gasteiger charge is 2.15. The highest BCUT2D eigenvalue weighted by Crippen LogP contribution is 2.20. The fraction of sp³-hybridized carbons (Fsp3) is 0.125. The predicted octanol–water partition coefficient (Wildman–Crippen LogP) is 3.45. The summed E-state index contributed by atoms with van der Waals surface area (Å²) in [4.78, 5) is 20.0. The van der Waals surface area contributed by atoms with Crippen molar-refractivity contribution >= 4 is 17.6 Å². The zero-order chi connectivity index (χ0) is 16.2. The van der Waals surface area contributed by atoms with Crippen LogP contribution in [0.2, 0.25) is 5.15 Å². The first kappa shape index (κ1) is 15.2. The van der Waals surface area contributed by atoms with Crippen molar-refractivity contribution in [1.82, 2.24) is 15.1 Å². The molecule has 0 aliphatic rings. The summed E-state index contributed by atoms with van der Waals surface area (Å²) < 4.78 is 10.2. The summed E-state index contributed by atoms with van der Waals surface area (Å²) in [6, 6.07) is 10.8. The topological polar surface area (TPSA) is 78.1 Å². The Balaban J connectivity index is 1.70. The van der Waals surface area contributed by atoms with Crippen LogP contribution in [-0.4, -0.2) is 21.1 Å². The molecular formula is C16H12ClN3O3. The van der Waals surface area contributed by atoms with Gasteiger partial charge < -0.3 is 9.26 Å². The molecule has 0 aliphatic heterocycles. The van der Waals surface area contributed by atoms with Gasteiger partial charge in [-0.2, -0.15) is 4.98 Å². The molecule has 0 bridgehead atoms. The zero-order valence-corrected chi connectivity index (χ0v) is 12.9. The molecule has 0 amide bonds. The largest absolute Gasteiger partial charge is 0.452 e. The Morgan fingerprint density at radius 1 is 1.26 bits per heavy atom. The summed E-state index contributed by atoms with van der Waals surface area (Å²) in [5.74, 6) is 0.0592. The Kier molecular flexibility index (Phi) is 4.34. The van der Waals surface area contributed by atoms with Gasteiger partial charge in [-0.1, -0.05) is 41.0 Å². The molecule has 0 saturated heterocycles. The normalized spacial score (nSPS) is 10.5. The molecule has 0 fully saturated rings. The fourth-order valence-electron chi connectivity index (χ4n) is 1.99. The number of rotatable bonds is 4. The molecule has 0 aliphatic carbocycles. The molecule has 0 saturated carbocycles. The van der Waals surface area contributed by atoms with Crippen LogP contribution in [0.3, 0.4) is 0 Å². The number of carbonyl (C=O) groups is 1. The molecule has 0 atom stereocenters. The number of esters is 1. The zero-order valence-electron chi connectivity index (χ0n) is 12.2. The number of hydrogen-bond donors (Lipinski definition) is 0. The second-order valence-electron chi connectivity index (χ2n) is 4.74. The molecule has 2 aromatic heterocycles. The molecule has 3 aromatic rings. The summed E-state index contributed by atoms with van der Waals surface area (Å²) >= 11 is 5.84. The van der Waals surface area contributed by atoms with Gasteiger partial charge in [-0.3, -0.25) is 0 Å². The number of aryl methyl sites for hydroxylation is 1. The Hall–Kier alpha value is -2.73. The number of pyridine rings is 1. The van der Waals surface area contributed by atoms with E-state index in [0.29, 0.717) is 5.82 Å². The van der Waals surface area contributed by atoms with E-state index >= 15 is 0 Å². The van der Waals surface area contributed by atoms with Gasteiger partial charge in [0.2, 0.25) is 5.82 Å². The summed E-state index contributed by atoms with van der Waals surface area (Å²) in [5.41, 5.74) is 2.08. The Morgan fingerprint density at radius 3 is 2.87 bits per heavy atom. The SMILES string of the molecule is Cc1ccccc1-c1noc(COC(=O)c2cccnc2Cl)n1. The number of benzene rings is 1. The Labute approximate surface area is 137 Å². The minimum atomic E-state index is -0.598. The summed E-state index contributed by atoms with van der Waals surface area (Å²) in [6.45, 7) is 1.82. The van der Waals surface area contributed by atoms with Gasteiger partial charge in [0.15, 0.2) is 6.61 Å². The van der Waals surface area contributed by atoms with Crippen LogP contribution >= 0.6 is 11.6 Å². The van der Waals surface area contributed by atoms with Crippen LogP contribution in [0.4, 0.5) is 0 Å². The van der Waals surface area contributed by atoms with Crippen LogP contribution in [0.25, 0.3) is 11.4 Å². The highest BCUT2D eigenvalue weighted by atomic mass is 35.5. The first-order valence-corrected chi connectivity index (χ1v) is 7.19. The monoisotopic (exact) mass is 329 g/mol. The molecule has 0 spiro atoms. The number of aromatic nitrogens is 3. The maximum atomic E-state index is 11.9. The smallest absolute Gasteiger partial charge is 0.341 e. The van der Waals surface area contributed by atoms with Crippen molar-refractivity contribution in [3.63, 3.8) is 0 Å². The molecule has 2 heterocycles. The first-order chi connectivity index (χ1) is 11.1. The van der Waals surface area contributed by atoms with Crippen molar-refractivity contribution in [2.24, 2.45) is 0 Å². The third-order valence-electron chi connectivity index (χ3n) is 3.16. The Bertz CT molecular complexity index is 848. The third kappa shape index (κ3) is 3.37. The van der Waals surface area contributed by atoms with Crippen LogP contribution < -0.4 is 0 Å².